The fourth-order valence-electron chi connectivity index (χ4n) is 1.10. The number of nitrogens with two attached hydrogens (primary N) is 1. The third-order valence-electron chi connectivity index (χ3n) is 1.91. The molecule has 6 heteroatoms. The molecule has 0 heterocycles. The molecule has 4 N–H and O–H groups in total. The molecule has 15 heavy (non-hydrogen) atoms. The molecule has 0 radical (unpaired) electrons. The zero-order chi connectivity index (χ0) is 10.7. The predicted octanol–water partition coefficient (Wildman–Crippen LogP) is 2.50. The largest absolute Gasteiger partial charge is 0.505 e. The maximum absolute atomic E-state index is 9.29. The lowest BCUT2D eigenvalue weighted by atomic mass is 10.1. The van der Waals surface area contributed by atoms with E-state index in [1.165, 1.54) is 0 Å². The van der Waals surface area contributed by atoms with Crippen molar-refractivity contribution in [3.8, 4) is 5.75 Å². The molecule has 1 rings (SSSR count). The standard InChI is InChI=1S/C9H11Cl2NO2.ClH/c10-6-3-5(8(12)1-2-13)4-7(11)9(6)14;/h3-4,8,13-14H,1-2,12H2;1H/t8-;/m0./s1. The van der Waals surface area contributed by atoms with Crippen molar-refractivity contribution in [3.63, 3.8) is 0 Å². The number of halogens is 3. The minimum absolute atomic E-state index is 0. The second kappa shape index (κ2) is 6.40. The summed E-state index contributed by atoms with van der Waals surface area (Å²) in [7, 11) is 0. The van der Waals surface area contributed by atoms with Gasteiger partial charge in [0.25, 0.3) is 0 Å². The second-order valence-corrected chi connectivity index (χ2v) is 3.77. The summed E-state index contributed by atoms with van der Waals surface area (Å²) in [5, 5.41) is 18.3. The van der Waals surface area contributed by atoms with Crippen molar-refractivity contribution in [2.75, 3.05) is 6.61 Å². The predicted molar refractivity (Wildman–Crippen MR) is 64.0 cm³/mol. The highest BCUT2D eigenvalue weighted by Crippen LogP contribution is 2.34. The number of rotatable bonds is 3. The Kier molecular flexibility index (Phi) is 6.32. The van der Waals surface area contributed by atoms with Gasteiger partial charge in [0.15, 0.2) is 5.75 Å². The number of hydrogen-bond donors (Lipinski definition) is 3. The molecular weight excluding hydrogens is 260 g/mol. The van der Waals surface area contributed by atoms with Crippen molar-refractivity contribution in [1.29, 1.82) is 0 Å². The van der Waals surface area contributed by atoms with Gasteiger partial charge in [-0.15, -0.1) is 12.4 Å². The lowest BCUT2D eigenvalue weighted by Crippen LogP contribution is -2.11. The molecule has 1 aromatic carbocycles. The van der Waals surface area contributed by atoms with Crippen molar-refractivity contribution in [2.45, 2.75) is 12.5 Å². The highest BCUT2D eigenvalue weighted by molar-refractivity contribution is 6.37. The highest BCUT2D eigenvalue weighted by atomic mass is 35.5. The first-order valence-electron chi connectivity index (χ1n) is 4.10. The van der Waals surface area contributed by atoms with Crippen molar-refractivity contribution in [3.05, 3.63) is 27.7 Å². The first-order valence-corrected chi connectivity index (χ1v) is 4.86. The van der Waals surface area contributed by atoms with Gasteiger partial charge in [-0.2, -0.15) is 0 Å². The van der Waals surface area contributed by atoms with Gasteiger partial charge in [0, 0.05) is 12.6 Å². The second-order valence-electron chi connectivity index (χ2n) is 2.95. The van der Waals surface area contributed by atoms with Gasteiger partial charge < -0.3 is 15.9 Å². The Balaban J connectivity index is 0.00000196. The summed E-state index contributed by atoms with van der Waals surface area (Å²) in [6, 6.07) is 2.77. The molecule has 86 valence electrons. The monoisotopic (exact) mass is 271 g/mol. The minimum Gasteiger partial charge on any atom is -0.505 e. The van der Waals surface area contributed by atoms with E-state index in [4.69, 9.17) is 34.0 Å². The van der Waals surface area contributed by atoms with Crippen molar-refractivity contribution >= 4 is 35.6 Å². The van der Waals surface area contributed by atoms with Crippen LogP contribution in [0.25, 0.3) is 0 Å². The molecule has 0 bridgehead atoms. The number of phenolic OH excluding ortho intramolecular Hbond substituents is 1. The molecule has 3 nitrogen and oxygen atoms in total. The molecule has 0 amide bonds. The van der Waals surface area contributed by atoms with Crippen LogP contribution in [0.2, 0.25) is 10.0 Å². The van der Waals surface area contributed by atoms with E-state index < -0.39 is 0 Å². The Morgan fingerprint density at radius 2 is 1.73 bits per heavy atom. The SMILES string of the molecule is Cl.N[C@@H](CCO)c1cc(Cl)c(O)c(Cl)c1. The maximum atomic E-state index is 9.29. The quantitative estimate of drug-likeness (QED) is 0.792. The number of aromatic hydroxyl groups is 1. The van der Waals surface area contributed by atoms with E-state index in [9.17, 15) is 5.11 Å². The van der Waals surface area contributed by atoms with Gasteiger partial charge in [-0.25, -0.2) is 0 Å². The molecule has 0 aliphatic rings. The van der Waals surface area contributed by atoms with Crippen LogP contribution in [-0.4, -0.2) is 16.8 Å². The molecule has 0 aromatic heterocycles. The molecule has 0 saturated heterocycles. The molecule has 1 aromatic rings. The maximum Gasteiger partial charge on any atom is 0.152 e. The van der Waals surface area contributed by atoms with E-state index in [-0.39, 0.29) is 40.9 Å². The number of benzene rings is 1. The summed E-state index contributed by atoms with van der Waals surface area (Å²) in [5.41, 5.74) is 6.44. The van der Waals surface area contributed by atoms with Crippen LogP contribution in [0.4, 0.5) is 0 Å². The average molecular weight is 273 g/mol. The molecule has 0 unspecified atom stereocenters. The minimum atomic E-state index is -0.324. The summed E-state index contributed by atoms with van der Waals surface area (Å²) < 4.78 is 0. The summed E-state index contributed by atoms with van der Waals surface area (Å²) >= 11 is 11.4. The Labute approximate surface area is 104 Å². The fourth-order valence-corrected chi connectivity index (χ4v) is 1.61. The molecule has 0 aliphatic carbocycles. The van der Waals surface area contributed by atoms with Crippen molar-refractivity contribution < 1.29 is 10.2 Å². The first kappa shape index (κ1) is 14.8. The molecule has 0 fully saturated rings. The van der Waals surface area contributed by atoms with Crippen LogP contribution >= 0.6 is 35.6 Å². The van der Waals surface area contributed by atoms with E-state index in [0.717, 1.165) is 0 Å². The Bertz CT molecular complexity index is 310. The molecule has 0 saturated carbocycles. The van der Waals surface area contributed by atoms with Gasteiger partial charge in [-0.3, -0.25) is 0 Å². The van der Waals surface area contributed by atoms with Crippen molar-refractivity contribution in [1.82, 2.24) is 0 Å². The third kappa shape index (κ3) is 3.70. The summed E-state index contributed by atoms with van der Waals surface area (Å²) in [6.45, 7) is -0.00270. The third-order valence-corrected chi connectivity index (χ3v) is 2.48. The van der Waals surface area contributed by atoms with E-state index in [1.807, 2.05) is 0 Å². The lowest BCUT2D eigenvalue weighted by molar-refractivity contribution is 0.276. The molecule has 0 spiro atoms. The van der Waals surface area contributed by atoms with E-state index >= 15 is 0 Å². The summed E-state index contributed by atoms with van der Waals surface area (Å²) in [4.78, 5) is 0. The van der Waals surface area contributed by atoms with Crippen molar-refractivity contribution in [2.24, 2.45) is 5.73 Å². The summed E-state index contributed by atoms with van der Waals surface area (Å²) in [6.07, 6.45) is 0.428. The Morgan fingerprint density at radius 3 is 2.13 bits per heavy atom. The zero-order valence-corrected chi connectivity index (χ0v) is 10.1. The van der Waals surface area contributed by atoms with Gasteiger partial charge >= 0.3 is 0 Å². The van der Waals surface area contributed by atoms with Gasteiger partial charge in [0.1, 0.15) is 0 Å². The normalized spacial score (nSPS) is 12.0. The van der Waals surface area contributed by atoms with Crippen LogP contribution in [0.5, 0.6) is 5.75 Å². The van der Waals surface area contributed by atoms with E-state index in [0.29, 0.717) is 12.0 Å². The van der Waals surface area contributed by atoms with Crippen LogP contribution in [0, 0.1) is 0 Å². The van der Waals surface area contributed by atoms with E-state index in [1.54, 1.807) is 12.1 Å². The first-order chi connectivity index (χ1) is 6.56. The molecule has 0 aliphatic heterocycles. The van der Waals surface area contributed by atoms with Crippen LogP contribution < -0.4 is 5.73 Å². The Hall–Kier alpha value is -0.190. The van der Waals surface area contributed by atoms with Crippen LogP contribution in [-0.2, 0) is 0 Å². The molecule has 1 atom stereocenters. The van der Waals surface area contributed by atoms with Gasteiger partial charge in [0.05, 0.1) is 10.0 Å². The number of aliphatic hydroxyl groups is 1. The smallest absolute Gasteiger partial charge is 0.152 e. The summed E-state index contributed by atoms with van der Waals surface area (Å²) in [5.74, 6) is -0.145. The van der Waals surface area contributed by atoms with Gasteiger partial charge in [0.2, 0.25) is 0 Å². The number of phenols is 1. The van der Waals surface area contributed by atoms with Gasteiger partial charge in [-0.1, -0.05) is 23.2 Å². The topological polar surface area (TPSA) is 66.5 Å². The number of aliphatic hydroxyl groups excluding tert-OH is 1. The lowest BCUT2D eigenvalue weighted by Gasteiger charge is -2.12. The zero-order valence-electron chi connectivity index (χ0n) is 7.78. The number of hydrogen-bond acceptors (Lipinski definition) is 3. The Morgan fingerprint density at radius 1 is 1.27 bits per heavy atom. The van der Waals surface area contributed by atoms with Gasteiger partial charge in [-0.05, 0) is 24.1 Å². The average Bonchev–Trinajstić information content (AvgIpc) is 2.13. The van der Waals surface area contributed by atoms with Crippen LogP contribution in [0.1, 0.15) is 18.0 Å². The fraction of sp³-hybridized carbons (Fsp3) is 0.333. The molecular formula is C9H12Cl3NO2. The van der Waals surface area contributed by atoms with Crippen LogP contribution in [0.15, 0.2) is 12.1 Å². The highest BCUT2D eigenvalue weighted by Gasteiger charge is 2.11. The van der Waals surface area contributed by atoms with Crippen LogP contribution in [0.3, 0.4) is 0 Å². The van der Waals surface area contributed by atoms with E-state index in [2.05, 4.69) is 0 Å².